The second-order valence-electron chi connectivity index (χ2n) is 8.14. The van der Waals surface area contributed by atoms with Gasteiger partial charge < -0.3 is 15.5 Å². The maximum atomic E-state index is 15.1. The van der Waals surface area contributed by atoms with E-state index in [9.17, 15) is 29.0 Å². The van der Waals surface area contributed by atoms with E-state index in [2.05, 4.69) is 5.32 Å². The minimum absolute atomic E-state index is 0.0107. The van der Waals surface area contributed by atoms with Gasteiger partial charge in [-0.1, -0.05) is 13.0 Å². The van der Waals surface area contributed by atoms with Crippen molar-refractivity contribution in [2.45, 2.75) is 45.6 Å². The molecule has 3 rings (SSSR count). The lowest BCUT2D eigenvalue weighted by atomic mass is 9.93. The molecule has 0 aliphatic heterocycles. The van der Waals surface area contributed by atoms with Crippen molar-refractivity contribution in [2.24, 2.45) is 0 Å². The van der Waals surface area contributed by atoms with Crippen molar-refractivity contribution >= 4 is 28.7 Å². The molecule has 33 heavy (non-hydrogen) atoms. The van der Waals surface area contributed by atoms with Crippen LogP contribution >= 0.6 is 0 Å². The first-order valence-corrected chi connectivity index (χ1v) is 10.3. The topological polar surface area (TPSA) is 109 Å². The first-order chi connectivity index (χ1) is 15.4. The van der Waals surface area contributed by atoms with Gasteiger partial charge in [-0.05, 0) is 63.1 Å². The number of benzene rings is 2. The van der Waals surface area contributed by atoms with E-state index < -0.39 is 46.6 Å². The first kappa shape index (κ1) is 23.9. The van der Waals surface area contributed by atoms with Gasteiger partial charge >= 0.3 is 5.97 Å². The Morgan fingerprint density at radius 2 is 1.85 bits per heavy atom. The number of fused-ring (bicyclic) bond motifs is 1. The number of carbonyl (C=O) groups is 3. The molecule has 7 nitrogen and oxygen atoms in total. The SMILES string of the molecule is CCC(C)(NC(=O)[C@H](C)c1c(C)n(C(=O)c2cccc(F)c2)c2ccc(O)c(F)c12)C(=O)O. The Morgan fingerprint density at radius 1 is 1.18 bits per heavy atom. The zero-order valence-corrected chi connectivity index (χ0v) is 18.6. The van der Waals surface area contributed by atoms with Gasteiger partial charge in [0.25, 0.3) is 5.91 Å². The van der Waals surface area contributed by atoms with E-state index in [0.29, 0.717) is 0 Å². The van der Waals surface area contributed by atoms with Gasteiger partial charge in [0.1, 0.15) is 11.4 Å². The van der Waals surface area contributed by atoms with Crippen LogP contribution in [0.2, 0.25) is 0 Å². The van der Waals surface area contributed by atoms with Crippen LogP contribution in [0, 0.1) is 18.6 Å². The van der Waals surface area contributed by atoms with Crippen molar-refractivity contribution < 1.29 is 33.4 Å². The maximum Gasteiger partial charge on any atom is 0.329 e. The molecule has 0 saturated carbocycles. The minimum atomic E-state index is -1.55. The van der Waals surface area contributed by atoms with E-state index >= 15 is 4.39 Å². The van der Waals surface area contributed by atoms with Crippen LogP contribution in [0.4, 0.5) is 8.78 Å². The monoisotopic (exact) mass is 458 g/mol. The molecule has 2 aromatic carbocycles. The Balaban J connectivity index is 2.21. The third kappa shape index (κ3) is 4.06. The van der Waals surface area contributed by atoms with E-state index in [1.54, 1.807) is 6.92 Å². The van der Waals surface area contributed by atoms with Gasteiger partial charge in [-0.2, -0.15) is 0 Å². The third-order valence-corrected chi connectivity index (χ3v) is 6.01. The smallest absolute Gasteiger partial charge is 0.329 e. The molecular formula is C24H24F2N2O5. The van der Waals surface area contributed by atoms with Gasteiger partial charge in [-0.25, -0.2) is 13.6 Å². The second kappa shape index (κ2) is 8.65. The molecule has 3 aromatic rings. The summed E-state index contributed by atoms with van der Waals surface area (Å²) >= 11 is 0. The Labute approximate surface area is 188 Å². The fourth-order valence-corrected chi connectivity index (χ4v) is 3.83. The van der Waals surface area contributed by atoms with Gasteiger partial charge in [0.15, 0.2) is 11.6 Å². The van der Waals surface area contributed by atoms with E-state index in [-0.39, 0.29) is 34.1 Å². The van der Waals surface area contributed by atoms with Crippen LogP contribution in [-0.4, -0.2) is 38.1 Å². The molecule has 9 heteroatoms. The first-order valence-electron chi connectivity index (χ1n) is 10.3. The largest absolute Gasteiger partial charge is 0.505 e. The predicted molar refractivity (Wildman–Crippen MR) is 117 cm³/mol. The fraction of sp³-hybridized carbons (Fsp3) is 0.292. The highest BCUT2D eigenvalue weighted by molar-refractivity contribution is 6.06. The number of phenols is 1. The van der Waals surface area contributed by atoms with Crippen molar-refractivity contribution in [3.05, 3.63) is 64.9 Å². The molecule has 1 aromatic heterocycles. The number of nitrogens with zero attached hydrogens (tertiary/aromatic N) is 1. The maximum absolute atomic E-state index is 15.1. The van der Waals surface area contributed by atoms with Crippen LogP contribution < -0.4 is 5.32 Å². The molecule has 0 spiro atoms. The van der Waals surface area contributed by atoms with Gasteiger partial charge in [-0.15, -0.1) is 0 Å². The average molecular weight is 458 g/mol. The number of rotatable bonds is 6. The zero-order valence-electron chi connectivity index (χ0n) is 18.6. The van der Waals surface area contributed by atoms with Crippen LogP contribution in [0.1, 0.15) is 54.7 Å². The zero-order chi connectivity index (χ0) is 24.7. The minimum Gasteiger partial charge on any atom is -0.505 e. The molecule has 0 bridgehead atoms. The number of aromatic nitrogens is 1. The molecule has 0 saturated heterocycles. The molecule has 0 aliphatic carbocycles. The Hall–Kier alpha value is -3.75. The van der Waals surface area contributed by atoms with E-state index in [4.69, 9.17) is 0 Å². The lowest BCUT2D eigenvalue weighted by Gasteiger charge is -2.26. The molecule has 2 atom stereocenters. The predicted octanol–water partition coefficient (Wildman–Crippen LogP) is 4.10. The number of carboxylic acid groups (broad SMARTS) is 1. The summed E-state index contributed by atoms with van der Waals surface area (Å²) < 4.78 is 29.9. The van der Waals surface area contributed by atoms with Gasteiger partial charge in [0, 0.05) is 16.6 Å². The number of amides is 1. The molecule has 0 fully saturated rings. The average Bonchev–Trinajstić information content (AvgIpc) is 3.07. The van der Waals surface area contributed by atoms with Gasteiger partial charge in [0.05, 0.1) is 11.4 Å². The number of carbonyl (C=O) groups excluding carboxylic acids is 2. The van der Waals surface area contributed by atoms with E-state index in [0.717, 1.165) is 16.7 Å². The van der Waals surface area contributed by atoms with Crippen LogP contribution in [0.15, 0.2) is 36.4 Å². The van der Waals surface area contributed by atoms with E-state index in [1.807, 2.05) is 0 Å². The molecule has 0 radical (unpaired) electrons. The summed E-state index contributed by atoms with van der Waals surface area (Å²) in [7, 11) is 0. The number of phenolic OH excluding ortho intramolecular Hbond substituents is 1. The Morgan fingerprint density at radius 3 is 2.42 bits per heavy atom. The number of halogens is 2. The standard InChI is InChI=1S/C24H24F2N2O5/c1-5-24(4,23(32)33)27-21(30)12(2)18-13(3)28(16-9-10-17(29)20(26)19(16)18)22(31)14-7-6-8-15(25)11-14/h6-12,29H,5H2,1-4H3,(H,27,30)(H,32,33)/t12-,24?/m1/s1. The van der Waals surface area contributed by atoms with E-state index in [1.165, 1.54) is 45.0 Å². The fourth-order valence-electron chi connectivity index (χ4n) is 3.83. The Bertz CT molecular complexity index is 1280. The molecular weight excluding hydrogens is 434 g/mol. The van der Waals surface area contributed by atoms with Gasteiger partial charge in [0.2, 0.25) is 5.91 Å². The summed E-state index contributed by atoms with van der Waals surface area (Å²) in [5, 5.41) is 21.8. The van der Waals surface area contributed by atoms with Crippen molar-refractivity contribution in [1.82, 2.24) is 9.88 Å². The van der Waals surface area contributed by atoms with Crippen LogP contribution in [0.3, 0.4) is 0 Å². The summed E-state index contributed by atoms with van der Waals surface area (Å²) in [5.74, 6) is -5.96. The van der Waals surface area contributed by atoms with Gasteiger partial charge in [-0.3, -0.25) is 14.2 Å². The summed E-state index contributed by atoms with van der Waals surface area (Å²) in [4.78, 5) is 37.9. The lowest BCUT2D eigenvalue weighted by Crippen LogP contribution is -2.52. The Kier molecular flexibility index (Phi) is 6.26. The third-order valence-electron chi connectivity index (χ3n) is 6.01. The molecule has 1 amide bonds. The lowest BCUT2D eigenvalue weighted by molar-refractivity contribution is -0.147. The summed E-state index contributed by atoms with van der Waals surface area (Å²) in [5.41, 5.74) is -1.13. The number of nitrogens with one attached hydrogen (secondary N) is 1. The highest BCUT2D eigenvalue weighted by Crippen LogP contribution is 2.37. The van der Waals surface area contributed by atoms with Crippen molar-refractivity contribution in [3.63, 3.8) is 0 Å². The number of hydrogen-bond acceptors (Lipinski definition) is 4. The second-order valence-corrected chi connectivity index (χ2v) is 8.14. The van der Waals surface area contributed by atoms with Crippen molar-refractivity contribution in [2.75, 3.05) is 0 Å². The van der Waals surface area contributed by atoms with Crippen molar-refractivity contribution in [1.29, 1.82) is 0 Å². The molecule has 0 aliphatic rings. The van der Waals surface area contributed by atoms with Crippen molar-refractivity contribution in [3.8, 4) is 5.75 Å². The molecule has 174 valence electrons. The number of aromatic hydroxyl groups is 1. The van der Waals surface area contributed by atoms with Crippen LogP contribution in [0.25, 0.3) is 10.9 Å². The van der Waals surface area contributed by atoms with Crippen LogP contribution in [-0.2, 0) is 9.59 Å². The highest BCUT2D eigenvalue weighted by Gasteiger charge is 2.36. The molecule has 1 heterocycles. The molecule has 3 N–H and O–H groups in total. The summed E-state index contributed by atoms with van der Waals surface area (Å²) in [6.45, 7) is 5.92. The summed E-state index contributed by atoms with van der Waals surface area (Å²) in [6, 6.07) is 7.41. The number of aliphatic carboxylic acids is 1. The van der Waals surface area contributed by atoms with Crippen LogP contribution in [0.5, 0.6) is 5.75 Å². The number of hydrogen-bond donors (Lipinski definition) is 3. The molecule has 1 unspecified atom stereocenters. The normalized spacial score (nSPS) is 14.0. The summed E-state index contributed by atoms with van der Waals surface area (Å²) in [6.07, 6.45) is 0.106. The quantitative estimate of drug-likeness (QED) is 0.516. The number of carboxylic acids is 1. The highest BCUT2D eigenvalue weighted by atomic mass is 19.1.